The number of ether oxygens (including phenoxy) is 2. The minimum atomic E-state index is -0.121. The highest BCUT2D eigenvalue weighted by atomic mass is 16.5. The minimum absolute atomic E-state index is 0.107. The molecule has 21 heavy (non-hydrogen) atoms. The molecule has 1 aliphatic heterocycles. The van der Waals surface area contributed by atoms with Crippen molar-refractivity contribution in [3.05, 3.63) is 29.8 Å². The van der Waals surface area contributed by atoms with Crippen LogP contribution >= 0.6 is 0 Å². The second-order valence-electron chi connectivity index (χ2n) is 5.39. The van der Waals surface area contributed by atoms with Gasteiger partial charge in [0.25, 0.3) is 0 Å². The zero-order chi connectivity index (χ0) is 15.1. The Hall–Kier alpha value is -1.55. The van der Waals surface area contributed by atoms with E-state index in [4.69, 9.17) is 9.47 Å². The van der Waals surface area contributed by atoms with Gasteiger partial charge in [0.2, 0.25) is 0 Å². The molecule has 0 spiro atoms. The fourth-order valence-electron chi connectivity index (χ4n) is 2.89. The zero-order valence-electron chi connectivity index (χ0n) is 13.0. The van der Waals surface area contributed by atoms with E-state index in [9.17, 15) is 4.79 Å². The molecule has 0 aliphatic carbocycles. The molecule has 2 rings (SSSR count). The molecule has 0 aromatic heterocycles. The van der Waals surface area contributed by atoms with Gasteiger partial charge in [0.05, 0.1) is 20.1 Å². The number of hydrogen-bond donors (Lipinski definition) is 0. The van der Waals surface area contributed by atoms with Gasteiger partial charge in [-0.3, -0.25) is 9.69 Å². The number of piperidine rings is 1. The Bertz CT molecular complexity index is 438. The summed E-state index contributed by atoms with van der Waals surface area (Å²) in [5.74, 6) is 0.719. The van der Waals surface area contributed by atoms with Crippen molar-refractivity contribution in [3.8, 4) is 5.75 Å². The Kier molecular flexibility index (Phi) is 6.05. The van der Waals surface area contributed by atoms with Crippen LogP contribution in [0.15, 0.2) is 24.3 Å². The third-order valence-corrected chi connectivity index (χ3v) is 4.00. The standard InChI is InChI=1S/C17H25NO3/c1-3-21-17(19)13-16(18-11-5-4-6-12-18)14-7-9-15(20-2)10-8-14/h7-10,16H,3-6,11-13H2,1-2H3/t16-/m1/s1. The first-order chi connectivity index (χ1) is 10.2. The smallest absolute Gasteiger partial charge is 0.307 e. The number of hydrogen-bond acceptors (Lipinski definition) is 4. The van der Waals surface area contributed by atoms with Crippen molar-refractivity contribution in [2.45, 2.75) is 38.6 Å². The number of likely N-dealkylation sites (tertiary alicyclic amines) is 1. The fourth-order valence-corrected chi connectivity index (χ4v) is 2.89. The van der Waals surface area contributed by atoms with E-state index >= 15 is 0 Å². The monoisotopic (exact) mass is 291 g/mol. The Labute approximate surface area is 127 Å². The van der Waals surface area contributed by atoms with Crippen LogP contribution in [0, 0.1) is 0 Å². The highest BCUT2D eigenvalue weighted by molar-refractivity contribution is 5.70. The summed E-state index contributed by atoms with van der Waals surface area (Å²) in [4.78, 5) is 14.3. The van der Waals surface area contributed by atoms with E-state index in [1.165, 1.54) is 19.3 Å². The van der Waals surface area contributed by atoms with Crippen molar-refractivity contribution in [3.63, 3.8) is 0 Å². The Morgan fingerprint density at radius 3 is 2.43 bits per heavy atom. The lowest BCUT2D eigenvalue weighted by molar-refractivity contribution is -0.144. The number of methoxy groups -OCH3 is 1. The van der Waals surface area contributed by atoms with E-state index in [2.05, 4.69) is 17.0 Å². The van der Waals surface area contributed by atoms with Gasteiger partial charge in [0, 0.05) is 6.04 Å². The molecule has 1 atom stereocenters. The first kappa shape index (κ1) is 15.8. The summed E-state index contributed by atoms with van der Waals surface area (Å²) in [6.07, 6.45) is 4.11. The topological polar surface area (TPSA) is 38.8 Å². The molecule has 0 saturated carbocycles. The maximum Gasteiger partial charge on any atom is 0.307 e. The van der Waals surface area contributed by atoms with Gasteiger partial charge in [-0.05, 0) is 50.6 Å². The van der Waals surface area contributed by atoms with Crippen molar-refractivity contribution in [2.75, 3.05) is 26.8 Å². The number of carbonyl (C=O) groups is 1. The zero-order valence-corrected chi connectivity index (χ0v) is 13.0. The van der Waals surface area contributed by atoms with E-state index in [1.807, 2.05) is 19.1 Å². The number of nitrogens with zero attached hydrogens (tertiary/aromatic N) is 1. The molecule has 1 aliphatic rings. The quantitative estimate of drug-likeness (QED) is 0.755. The summed E-state index contributed by atoms with van der Waals surface area (Å²) >= 11 is 0. The van der Waals surface area contributed by atoms with E-state index in [-0.39, 0.29) is 12.0 Å². The molecule has 0 N–H and O–H groups in total. The maximum atomic E-state index is 11.9. The summed E-state index contributed by atoms with van der Waals surface area (Å²) in [7, 11) is 1.66. The summed E-state index contributed by atoms with van der Waals surface area (Å²) < 4.78 is 10.3. The fraction of sp³-hybridized carbons (Fsp3) is 0.588. The molecule has 4 heteroatoms. The van der Waals surface area contributed by atoms with Crippen LogP contribution in [0.3, 0.4) is 0 Å². The molecule has 1 aromatic rings. The van der Waals surface area contributed by atoms with Gasteiger partial charge in [-0.2, -0.15) is 0 Å². The van der Waals surface area contributed by atoms with Crippen LogP contribution in [0.2, 0.25) is 0 Å². The SMILES string of the molecule is CCOC(=O)C[C@H](c1ccc(OC)cc1)N1CCCCC1. The molecule has 1 fully saturated rings. The second kappa shape index (κ2) is 8.03. The van der Waals surface area contributed by atoms with Crippen molar-refractivity contribution in [1.29, 1.82) is 0 Å². The molecule has 116 valence electrons. The van der Waals surface area contributed by atoms with E-state index < -0.39 is 0 Å². The van der Waals surface area contributed by atoms with Crippen LogP contribution < -0.4 is 4.74 Å². The summed E-state index contributed by atoms with van der Waals surface area (Å²) in [5, 5.41) is 0. The van der Waals surface area contributed by atoms with Gasteiger partial charge < -0.3 is 9.47 Å². The van der Waals surface area contributed by atoms with Gasteiger partial charge >= 0.3 is 5.97 Å². The van der Waals surface area contributed by atoms with Crippen LogP contribution in [0.5, 0.6) is 5.75 Å². The molecule has 0 bridgehead atoms. The number of esters is 1. The van der Waals surface area contributed by atoms with Gasteiger partial charge in [-0.1, -0.05) is 18.6 Å². The lowest BCUT2D eigenvalue weighted by Crippen LogP contribution is -2.35. The van der Waals surface area contributed by atoms with Gasteiger partial charge in [-0.25, -0.2) is 0 Å². The van der Waals surface area contributed by atoms with Crippen molar-refractivity contribution >= 4 is 5.97 Å². The predicted octanol–water partition coefficient (Wildman–Crippen LogP) is 3.18. The predicted molar refractivity (Wildman–Crippen MR) is 82.4 cm³/mol. The third kappa shape index (κ3) is 4.46. The van der Waals surface area contributed by atoms with Gasteiger partial charge in [0.1, 0.15) is 5.75 Å². The molecule has 0 amide bonds. The van der Waals surface area contributed by atoms with Crippen LogP contribution in [-0.2, 0) is 9.53 Å². The molecular weight excluding hydrogens is 266 g/mol. The summed E-state index contributed by atoms with van der Waals surface area (Å²) in [5.41, 5.74) is 1.16. The highest BCUT2D eigenvalue weighted by Gasteiger charge is 2.25. The van der Waals surface area contributed by atoms with Crippen LogP contribution in [0.1, 0.15) is 44.2 Å². The minimum Gasteiger partial charge on any atom is -0.497 e. The normalized spacial score (nSPS) is 17.2. The first-order valence-corrected chi connectivity index (χ1v) is 7.78. The largest absolute Gasteiger partial charge is 0.497 e. The molecule has 1 aromatic carbocycles. The van der Waals surface area contributed by atoms with E-state index in [1.54, 1.807) is 7.11 Å². The Morgan fingerprint density at radius 2 is 1.86 bits per heavy atom. The summed E-state index contributed by atoms with van der Waals surface area (Å²) in [6, 6.07) is 8.12. The van der Waals surface area contributed by atoms with Crippen LogP contribution in [0.25, 0.3) is 0 Å². The van der Waals surface area contributed by atoms with E-state index in [0.29, 0.717) is 13.0 Å². The van der Waals surface area contributed by atoms with E-state index in [0.717, 1.165) is 24.4 Å². The van der Waals surface area contributed by atoms with Gasteiger partial charge in [0.15, 0.2) is 0 Å². The molecule has 0 radical (unpaired) electrons. The number of rotatable bonds is 6. The Balaban J connectivity index is 2.14. The first-order valence-electron chi connectivity index (χ1n) is 7.78. The molecule has 1 saturated heterocycles. The van der Waals surface area contributed by atoms with Crippen molar-refractivity contribution in [2.24, 2.45) is 0 Å². The molecule has 0 unspecified atom stereocenters. The summed E-state index contributed by atoms with van der Waals surface area (Å²) in [6.45, 7) is 4.39. The average Bonchev–Trinajstić information content (AvgIpc) is 2.54. The molecular formula is C17H25NO3. The Morgan fingerprint density at radius 1 is 1.19 bits per heavy atom. The van der Waals surface area contributed by atoms with Gasteiger partial charge in [-0.15, -0.1) is 0 Å². The third-order valence-electron chi connectivity index (χ3n) is 4.00. The van der Waals surface area contributed by atoms with Crippen molar-refractivity contribution in [1.82, 2.24) is 4.90 Å². The number of carbonyl (C=O) groups excluding carboxylic acids is 1. The molecule has 1 heterocycles. The molecule has 4 nitrogen and oxygen atoms in total. The number of benzene rings is 1. The highest BCUT2D eigenvalue weighted by Crippen LogP contribution is 2.29. The van der Waals surface area contributed by atoms with Crippen LogP contribution in [-0.4, -0.2) is 37.7 Å². The lowest BCUT2D eigenvalue weighted by atomic mass is 9.99. The van der Waals surface area contributed by atoms with Crippen molar-refractivity contribution < 1.29 is 14.3 Å². The lowest BCUT2D eigenvalue weighted by Gasteiger charge is -2.34. The average molecular weight is 291 g/mol. The van der Waals surface area contributed by atoms with Crippen LogP contribution in [0.4, 0.5) is 0 Å². The second-order valence-corrected chi connectivity index (χ2v) is 5.39. The maximum absolute atomic E-state index is 11.9.